The minimum absolute atomic E-state index is 0.534. The zero-order valence-electron chi connectivity index (χ0n) is 12.5. The Bertz CT molecular complexity index is 751. The summed E-state index contributed by atoms with van der Waals surface area (Å²) in [5.41, 5.74) is 2.23. The number of hydrogen-bond acceptors (Lipinski definition) is 5. The van der Waals surface area contributed by atoms with Crippen molar-refractivity contribution in [2.45, 2.75) is 38.0 Å². The van der Waals surface area contributed by atoms with Crippen LogP contribution in [-0.4, -0.2) is 29.9 Å². The molecule has 4 rings (SSSR count). The van der Waals surface area contributed by atoms with Crippen LogP contribution in [-0.2, 0) is 7.05 Å². The Hall–Kier alpha value is -2.02. The maximum atomic E-state index is 4.96. The van der Waals surface area contributed by atoms with Crippen molar-refractivity contribution < 1.29 is 0 Å². The van der Waals surface area contributed by atoms with E-state index < -0.39 is 0 Å². The predicted octanol–water partition coefficient (Wildman–Crippen LogP) is 3.38. The van der Waals surface area contributed by atoms with Crippen molar-refractivity contribution in [1.29, 1.82) is 0 Å². The Balaban J connectivity index is 1.81. The molecule has 0 unspecified atom stereocenters. The maximum absolute atomic E-state index is 4.96. The minimum Gasteiger partial charge on any atom is -0.266 e. The number of thiazole rings is 1. The molecule has 0 radical (unpaired) electrons. The van der Waals surface area contributed by atoms with E-state index in [1.54, 1.807) is 17.7 Å². The van der Waals surface area contributed by atoms with Gasteiger partial charge in [-0.2, -0.15) is 10.2 Å². The first-order chi connectivity index (χ1) is 10.8. The monoisotopic (exact) mass is 314 g/mol. The van der Waals surface area contributed by atoms with Crippen molar-refractivity contribution in [3.8, 4) is 21.4 Å². The molecule has 22 heavy (non-hydrogen) atoms. The fourth-order valence-corrected chi connectivity index (χ4v) is 4.32. The van der Waals surface area contributed by atoms with Gasteiger partial charge in [0.15, 0.2) is 5.82 Å². The van der Waals surface area contributed by atoms with E-state index in [0.717, 1.165) is 21.4 Å². The van der Waals surface area contributed by atoms with Crippen LogP contribution in [0.1, 0.15) is 43.7 Å². The third-order valence-electron chi connectivity index (χ3n) is 4.32. The molecule has 3 aromatic rings. The lowest BCUT2D eigenvalue weighted by Gasteiger charge is -2.20. The molecule has 114 valence electrons. The van der Waals surface area contributed by atoms with E-state index >= 15 is 0 Å². The fourth-order valence-electron chi connectivity index (χ4n) is 3.16. The zero-order valence-corrected chi connectivity index (χ0v) is 13.3. The van der Waals surface area contributed by atoms with E-state index in [4.69, 9.17) is 4.98 Å². The Labute approximate surface area is 132 Å². The number of aromatic nitrogens is 6. The van der Waals surface area contributed by atoms with Crippen LogP contribution in [0.15, 0.2) is 18.6 Å². The normalized spacial score (nSPS) is 16.2. The minimum atomic E-state index is 0.534. The Morgan fingerprint density at radius 3 is 2.82 bits per heavy atom. The molecule has 1 aliphatic carbocycles. The summed E-state index contributed by atoms with van der Waals surface area (Å²) in [5, 5.41) is 12.3. The average molecular weight is 314 g/mol. The Morgan fingerprint density at radius 1 is 1.27 bits per heavy atom. The Morgan fingerprint density at radius 2 is 2.14 bits per heavy atom. The van der Waals surface area contributed by atoms with Crippen LogP contribution in [0.3, 0.4) is 0 Å². The van der Waals surface area contributed by atoms with E-state index in [0.29, 0.717) is 5.92 Å². The van der Waals surface area contributed by atoms with Gasteiger partial charge in [0.05, 0.1) is 16.3 Å². The molecule has 0 saturated heterocycles. The van der Waals surface area contributed by atoms with Crippen molar-refractivity contribution in [1.82, 2.24) is 29.9 Å². The molecule has 1 fully saturated rings. The molecule has 3 aromatic heterocycles. The van der Waals surface area contributed by atoms with Gasteiger partial charge in [0.1, 0.15) is 11.3 Å². The topological polar surface area (TPSA) is 72.3 Å². The largest absolute Gasteiger partial charge is 0.266 e. The van der Waals surface area contributed by atoms with Gasteiger partial charge in [-0.05, 0) is 18.9 Å². The van der Waals surface area contributed by atoms with Gasteiger partial charge in [-0.25, -0.2) is 9.97 Å². The summed E-state index contributed by atoms with van der Waals surface area (Å²) >= 11 is 1.68. The molecule has 0 amide bonds. The predicted molar refractivity (Wildman–Crippen MR) is 85.5 cm³/mol. The zero-order chi connectivity index (χ0) is 14.9. The van der Waals surface area contributed by atoms with Crippen molar-refractivity contribution in [3.63, 3.8) is 0 Å². The molecule has 6 nitrogen and oxygen atoms in total. The highest BCUT2D eigenvalue weighted by atomic mass is 32.1. The lowest BCUT2D eigenvalue weighted by atomic mass is 9.86. The number of H-pyrrole nitrogens is 1. The molecule has 3 heterocycles. The molecule has 1 saturated carbocycles. The molecular weight excluding hydrogens is 296 g/mol. The van der Waals surface area contributed by atoms with E-state index in [1.807, 2.05) is 24.0 Å². The lowest BCUT2D eigenvalue weighted by molar-refractivity contribution is 0.438. The maximum Gasteiger partial charge on any atom is 0.167 e. The van der Waals surface area contributed by atoms with Gasteiger partial charge in [-0.3, -0.25) is 9.78 Å². The number of aromatic amines is 1. The third-order valence-corrected chi connectivity index (χ3v) is 5.42. The van der Waals surface area contributed by atoms with Gasteiger partial charge < -0.3 is 0 Å². The van der Waals surface area contributed by atoms with Crippen LogP contribution in [0, 0.1) is 0 Å². The fraction of sp³-hybridized carbons (Fsp3) is 0.467. The van der Waals surface area contributed by atoms with Crippen molar-refractivity contribution in [3.05, 3.63) is 24.3 Å². The first-order valence-electron chi connectivity index (χ1n) is 7.68. The van der Waals surface area contributed by atoms with E-state index in [2.05, 4.69) is 20.3 Å². The van der Waals surface area contributed by atoms with E-state index in [1.165, 1.54) is 37.8 Å². The van der Waals surface area contributed by atoms with Crippen molar-refractivity contribution in [2.75, 3.05) is 0 Å². The molecule has 0 bridgehead atoms. The lowest BCUT2D eigenvalue weighted by Crippen LogP contribution is -2.06. The highest BCUT2D eigenvalue weighted by Crippen LogP contribution is 2.41. The van der Waals surface area contributed by atoms with Crippen LogP contribution in [0.2, 0.25) is 0 Å². The van der Waals surface area contributed by atoms with E-state index in [-0.39, 0.29) is 0 Å². The van der Waals surface area contributed by atoms with Gasteiger partial charge in [0, 0.05) is 19.2 Å². The summed E-state index contributed by atoms with van der Waals surface area (Å²) in [6.45, 7) is 0. The Kier molecular flexibility index (Phi) is 3.49. The summed E-state index contributed by atoms with van der Waals surface area (Å²) in [4.78, 5) is 10.4. The summed E-state index contributed by atoms with van der Waals surface area (Å²) < 4.78 is 1.87. The SMILES string of the molecule is Cn1nccc1-c1nc(C2CCCCC2)c(-c2ncn[nH]2)s1. The van der Waals surface area contributed by atoms with Crippen LogP contribution in [0.4, 0.5) is 0 Å². The van der Waals surface area contributed by atoms with Crippen molar-refractivity contribution in [2.24, 2.45) is 7.05 Å². The van der Waals surface area contributed by atoms with Crippen LogP contribution in [0.5, 0.6) is 0 Å². The second-order valence-electron chi connectivity index (χ2n) is 5.74. The summed E-state index contributed by atoms with van der Waals surface area (Å²) in [6.07, 6.45) is 9.73. The van der Waals surface area contributed by atoms with Gasteiger partial charge in [0.25, 0.3) is 0 Å². The second-order valence-corrected chi connectivity index (χ2v) is 6.74. The highest BCUT2D eigenvalue weighted by Gasteiger charge is 2.25. The highest BCUT2D eigenvalue weighted by molar-refractivity contribution is 7.18. The molecule has 0 atom stereocenters. The number of hydrogen-bond donors (Lipinski definition) is 1. The summed E-state index contributed by atoms with van der Waals surface area (Å²) in [6, 6.07) is 2.01. The van der Waals surface area contributed by atoms with Crippen LogP contribution < -0.4 is 0 Å². The first kappa shape index (κ1) is 13.6. The summed E-state index contributed by atoms with van der Waals surface area (Å²) in [7, 11) is 1.95. The summed E-state index contributed by atoms with van der Waals surface area (Å²) in [5.74, 6) is 1.36. The number of nitrogens with one attached hydrogen (secondary N) is 1. The van der Waals surface area contributed by atoms with Crippen molar-refractivity contribution >= 4 is 11.3 Å². The quantitative estimate of drug-likeness (QED) is 0.804. The molecule has 0 aromatic carbocycles. The van der Waals surface area contributed by atoms with Gasteiger partial charge in [-0.1, -0.05) is 19.3 Å². The molecule has 7 heteroatoms. The molecule has 0 spiro atoms. The van der Waals surface area contributed by atoms with Gasteiger partial charge in [-0.15, -0.1) is 11.3 Å². The van der Waals surface area contributed by atoms with Crippen LogP contribution >= 0.6 is 11.3 Å². The first-order valence-corrected chi connectivity index (χ1v) is 8.49. The molecule has 1 aliphatic rings. The number of aryl methyl sites for hydroxylation is 1. The van der Waals surface area contributed by atoms with Gasteiger partial charge >= 0.3 is 0 Å². The third kappa shape index (κ3) is 2.35. The standard InChI is InChI=1S/C15H18N6S/c1-21-11(7-8-18-21)15-19-12(10-5-3-2-4-6-10)13(22-15)14-16-9-17-20-14/h7-10H,2-6H2,1H3,(H,16,17,20). The van der Waals surface area contributed by atoms with Crippen LogP contribution in [0.25, 0.3) is 21.4 Å². The number of nitrogens with zero attached hydrogens (tertiary/aromatic N) is 5. The second kappa shape index (κ2) is 5.64. The van der Waals surface area contributed by atoms with Gasteiger partial charge in [0.2, 0.25) is 0 Å². The average Bonchev–Trinajstić information content (AvgIpc) is 3.27. The number of rotatable bonds is 3. The molecule has 1 N–H and O–H groups in total. The van der Waals surface area contributed by atoms with E-state index in [9.17, 15) is 0 Å². The molecule has 0 aliphatic heterocycles. The smallest absolute Gasteiger partial charge is 0.167 e. The molecular formula is C15H18N6S.